The van der Waals surface area contributed by atoms with Crippen LogP contribution in [0.4, 0.5) is 0 Å². The van der Waals surface area contributed by atoms with E-state index in [1.165, 1.54) is 0 Å². The van der Waals surface area contributed by atoms with Crippen LogP contribution in [0.2, 0.25) is 0 Å². The third-order valence-corrected chi connectivity index (χ3v) is 2.00. The number of aryl methyl sites for hydroxylation is 1. The molecule has 16 heavy (non-hydrogen) atoms. The zero-order valence-corrected chi connectivity index (χ0v) is 9.73. The van der Waals surface area contributed by atoms with Gasteiger partial charge in [0.2, 0.25) is 0 Å². The number of carbonyl (C=O) groups is 1. The maximum Gasteiger partial charge on any atom is 0.328 e. The van der Waals surface area contributed by atoms with Crippen LogP contribution >= 0.6 is 0 Å². The zero-order chi connectivity index (χ0) is 12.1. The monoisotopic (exact) mass is 220 g/mol. The lowest BCUT2D eigenvalue weighted by atomic mass is 10.1. The lowest BCUT2D eigenvalue weighted by molar-refractivity contribution is -0.131. The average molecular weight is 220 g/mol. The molecule has 0 aromatic heterocycles. The minimum absolute atomic E-state index is 0.0677. The van der Waals surface area contributed by atoms with E-state index < -0.39 is 5.97 Å². The Bertz CT molecular complexity index is 406. The van der Waals surface area contributed by atoms with Gasteiger partial charge in [-0.1, -0.05) is 18.2 Å². The van der Waals surface area contributed by atoms with Crippen LogP contribution in [0.15, 0.2) is 24.3 Å². The van der Waals surface area contributed by atoms with Crippen LogP contribution in [-0.2, 0) is 4.79 Å². The van der Waals surface area contributed by atoms with E-state index in [-0.39, 0.29) is 6.10 Å². The van der Waals surface area contributed by atoms with Gasteiger partial charge in [0.1, 0.15) is 5.75 Å². The Labute approximate surface area is 95.4 Å². The van der Waals surface area contributed by atoms with Crippen molar-refractivity contribution in [2.45, 2.75) is 26.9 Å². The third kappa shape index (κ3) is 3.42. The molecule has 0 saturated carbocycles. The molecule has 86 valence electrons. The highest BCUT2D eigenvalue weighted by Crippen LogP contribution is 2.25. The van der Waals surface area contributed by atoms with Gasteiger partial charge in [-0.15, -0.1) is 0 Å². The molecule has 1 aromatic rings. The quantitative estimate of drug-likeness (QED) is 0.793. The number of rotatable bonds is 4. The van der Waals surface area contributed by atoms with E-state index >= 15 is 0 Å². The Morgan fingerprint density at radius 1 is 1.44 bits per heavy atom. The van der Waals surface area contributed by atoms with Gasteiger partial charge in [0.15, 0.2) is 0 Å². The van der Waals surface area contributed by atoms with Gasteiger partial charge in [-0.3, -0.25) is 0 Å². The van der Waals surface area contributed by atoms with Gasteiger partial charge in [0.25, 0.3) is 0 Å². The molecule has 0 atom stereocenters. The van der Waals surface area contributed by atoms with E-state index in [1.54, 1.807) is 6.08 Å². The summed E-state index contributed by atoms with van der Waals surface area (Å²) < 4.78 is 5.66. The highest BCUT2D eigenvalue weighted by atomic mass is 16.5. The summed E-state index contributed by atoms with van der Waals surface area (Å²) in [6.45, 7) is 5.82. The molecule has 0 spiro atoms. The molecule has 0 unspecified atom stereocenters. The zero-order valence-electron chi connectivity index (χ0n) is 9.73. The third-order valence-electron chi connectivity index (χ3n) is 2.00. The molecular formula is C13H16O3. The number of aliphatic carboxylic acids is 1. The first kappa shape index (κ1) is 12.3. The lowest BCUT2D eigenvalue weighted by Crippen LogP contribution is -2.07. The van der Waals surface area contributed by atoms with Crippen molar-refractivity contribution < 1.29 is 14.6 Å². The average Bonchev–Trinajstić information content (AvgIpc) is 2.18. The molecule has 0 amide bonds. The van der Waals surface area contributed by atoms with Crippen molar-refractivity contribution in [3.05, 3.63) is 35.4 Å². The number of carboxylic acids is 1. The molecule has 0 heterocycles. The molecule has 0 aliphatic rings. The van der Waals surface area contributed by atoms with Crippen molar-refractivity contribution in [1.29, 1.82) is 0 Å². The number of benzene rings is 1. The number of carboxylic acid groups (broad SMARTS) is 1. The summed E-state index contributed by atoms with van der Waals surface area (Å²) in [6.07, 6.45) is 2.73. The van der Waals surface area contributed by atoms with Gasteiger partial charge in [-0.05, 0) is 32.4 Å². The van der Waals surface area contributed by atoms with Crippen LogP contribution in [0, 0.1) is 6.92 Å². The smallest absolute Gasteiger partial charge is 0.328 e. The number of ether oxygens (including phenoxy) is 1. The van der Waals surface area contributed by atoms with E-state index in [0.717, 1.165) is 23.0 Å². The van der Waals surface area contributed by atoms with Crippen LogP contribution in [0.5, 0.6) is 5.75 Å². The van der Waals surface area contributed by atoms with Gasteiger partial charge >= 0.3 is 5.97 Å². The lowest BCUT2D eigenvalue weighted by Gasteiger charge is -2.14. The molecule has 0 radical (unpaired) electrons. The SMILES string of the molecule is Cc1cccc(/C=C/C(=O)O)c1OC(C)C. The molecule has 3 heteroatoms. The second-order valence-corrected chi connectivity index (χ2v) is 3.83. The fourth-order valence-electron chi connectivity index (χ4n) is 1.36. The second kappa shape index (κ2) is 5.35. The standard InChI is InChI=1S/C13H16O3/c1-9(2)16-13-10(3)5-4-6-11(13)7-8-12(14)15/h4-9H,1-3H3,(H,14,15)/b8-7+. The Morgan fingerprint density at radius 3 is 2.69 bits per heavy atom. The second-order valence-electron chi connectivity index (χ2n) is 3.83. The molecule has 1 aromatic carbocycles. The van der Waals surface area contributed by atoms with Gasteiger partial charge < -0.3 is 9.84 Å². The predicted octanol–water partition coefficient (Wildman–Crippen LogP) is 2.88. The van der Waals surface area contributed by atoms with Gasteiger partial charge in [0, 0.05) is 11.6 Å². The molecule has 3 nitrogen and oxygen atoms in total. The van der Waals surface area contributed by atoms with Crippen LogP contribution in [0.3, 0.4) is 0 Å². The fourth-order valence-corrected chi connectivity index (χ4v) is 1.36. The molecule has 0 aliphatic heterocycles. The Balaban J connectivity index is 3.07. The van der Waals surface area contributed by atoms with E-state index in [0.29, 0.717) is 0 Å². The molecule has 0 fully saturated rings. The summed E-state index contributed by atoms with van der Waals surface area (Å²) in [4.78, 5) is 10.5. The Kier molecular flexibility index (Phi) is 4.11. The van der Waals surface area contributed by atoms with Crippen molar-refractivity contribution in [2.24, 2.45) is 0 Å². The van der Waals surface area contributed by atoms with Gasteiger partial charge in [-0.2, -0.15) is 0 Å². The van der Waals surface area contributed by atoms with Crippen molar-refractivity contribution in [2.75, 3.05) is 0 Å². The minimum Gasteiger partial charge on any atom is -0.490 e. The largest absolute Gasteiger partial charge is 0.490 e. The minimum atomic E-state index is -0.961. The summed E-state index contributed by atoms with van der Waals surface area (Å²) >= 11 is 0. The maximum atomic E-state index is 10.5. The molecule has 1 N–H and O–H groups in total. The Hall–Kier alpha value is -1.77. The summed E-state index contributed by atoms with van der Waals surface area (Å²) in [5, 5.41) is 8.59. The summed E-state index contributed by atoms with van der Waals surface area (Å²) in [5.41, 5.74) is 1.79. The summed E-state index contributed by atoms with van der Waals surface area (Å²) in [7, 11) is 0. The van der Waals surface area contributed by atoms with Crippen LogP contribution in [0.1, 0.15) is 25.0 Å². The first-order valence-corrected chi connectivity index (χ1v) is 5.18. The van der Waals surface area contributed by atoms with Gasteiger partial charge in [-0.25, -0.2) is 4.79 Å². The summed E-state index contributed by atoms with van der Waals surface area (Å²) in [5.74, 6) is -0.216. The van der Waals surface area contributed by atoms with E-state index in [9.17, 15) is 4.79 Å². The van der Waals surface area contributed by atoms with Gasteiger partial charge in [0.05, 0.1) is 6.10 Å². The van der Waals surface area contributed by atoms with Crippen molar-refractivity contribution in [1.82, 2.24) is 0 Å². The van der Waals surface area contributed by atoms with E-state index in [4.69, 9.17) is 9.84 Å². The number of hydrogen-bond acceptors (Lipinski definition) is 2. The fraction of sp³-hybridized carbons (Fsp3) is 0.308. The van der Waals surface area contributed by atoms with Crippen molar-refractivity contribution in [3.63, 3.8) is 0 Å². The highest BCUT2D eigenvalue weighted by Gasteiger charge is 2.06. The van der Waals surface area contributed by atoms with Crippen molar-refractivity contribution >= 4 is 12.0 Å². The topological polar surface area (TPSA) is 46.5 Å². The number of hydrogen-bond donors (Lipinski definition) is 1. The molecule has 0 aliphatic carbocycles. The van der Waals surface area contributed by atoms with Crippen LogP contribution in [-0.4, -0.2) is 17.2 Å². The molecular weight excluding hydrogens is 204 g/mol. The normalized spacial score (nSPS) is 11.0. The number of para-hydroxylation sites is 1. The molecule has 1 rings (SSSR count). The molecule has 0 bridgehead atoms. The highest BCUT2D eigenvalue weighted by molar-refractivity contribution is 5.86. The van der Waals surface area contributed by atoms with Crippen LogP contribution < -0.4 is 4.74 Å². The maximum absolute atomic E-state index is 10.5. The van der Waals surface area contributed by atoms with E-state index in [1.807, 2.05) is 39.0 Å². The van der Waals surface area contributed by atoms with Crippen LogP contribution in [0.25, 0.3) is 6.08 Å². The Morgan fingerprint density at radius 2 is 2.12 bits per heavy atom. The first-order valence-electron chi connectivity index (χ1n) is 5.18. The van der Waals surface area contributed by atoms with E-state index in [2.05, 4.69) is 0 Å². The van der Waals surface area contributed by atoms with Crippen molar-refractivity contribution in [3.8, 4) is 5.75 Å². The predicted molar refractivity (Wildman–Crippen MR) is 63.6 cm³/mol. The summed E-state index contributed by atoms with van der Waals surface area (Å²) in [6, 6.07) is 5.66. The molecule has 0 saturated heterocycles. The first-order chi connectivity index (χ1) is 7.50.